The number of carbonyl (C=O) groups is 3. The van der Waals surface area contributed by atoms with Crippen LogP contribution in [0.4, 0.5) is 11.4 Å². The summed E-state index contributed by atoms with van der Waals surface area (Å²) in [6.07, 6.45) is -0.877. The number of benzene rings is 2. The van der Waals surface area contributed by atoms with E-state index in [1.165, 1.54) is 13.8 Å². The molecular weight excluding hydrogens is 348 g/mol. The highest BCUT2D eigenvalue weighted by Crippen LogP contribution is 2.15. The molecule has 2 N–H and O–H groups in total. The molecule has 0 aliphatic rings. The maximum absolute atomic E-state index is 12.2. The predicted octanol–water partition coefficient (Wildman–Crippen LogP) is 2.77. The molecule has 0 bridgehead atoms. The minimum absolute atomic E-state index is 0.0625. The first kappa shape index (κ1) is 20.0. The van der Waals surface area contributed by atoms with E-state index >= 15 is 0 Å². The lowest BCUT2D eigenvalue weighted by atomic mass is 10.1. The summed E-state index contributed by atoms with van der Waals surface area (Å²) >= 11 is 0. The summed E-state index contributed by atoms with van der Waals surface area (Å²) < 4.78 is 10.2. The minimum atomic E-state index is -0.939. The fourth-order valence-electron chi connectivity index (χ4n) is 2.29. The normalized spacial score (nSPS) is 11.2. The molecule has 2 aromatic rings. The zero-order valence-electron chi connectivity index (χ0n) is 15.4. The topological polar surface area (TPSA) is 93.7 Å². The van der Waals surface area contributed by atoms with Gasteiger partial charge in [0, 0.05) is 18.3 Å². The van der Waals surface area contributed by atoms with E-state index in [9.17, 15) is 14.4 Å². The number of hydrogen-bond donors (Lipinski definition) is 2. The number of rotatable bonds is 7. The molecule has 7 heteroatoms. The van der Waals surface area contributed by atoms with Crippen molar-refractivity contribution in [1.82, 2.24) is 0 Å². The zero-order chi connectivity index (χ0) is 19.8. The van der Waals surface area contributed by atoms with Crippen LogP contribution in [0.15, 0.2) is 48.5 Å². The van der Waals surface area contributed by atoms with Gasteiger partial charge in [0.15, 0.2) is 6.10 Å². The molecule has 0 radical (unpaired) electrons. The molecule has 0 saturated carbocycles. The highest BCUT2D eigenvalue weighted by molar-refractivity contribution is 5.95. The van der Waals surface area contributed by atoms with E-state index in [1.807, 2.05) is 0 Å². The second-order valence-electron chi connectivity index (χ2n) is 5.90. The minimum Gasteiger partial charge on any atom is -0.497 e. The molecule has 0 aliphatic carbocycles. The lowest BCUT2D eigenvalue weighted by molar-refractivity contribution is -0.152. The summed E-state index contributed by atoms with van der Waals surface area (Å²) in [7, 11) is 1.57. The van der Waals surface area contributed by atoms with E-state index in [0.29, 0.717) is 17.1 Å². The maximum Gasteiger partial charge on any atom is 0.311 e. The Kier molecular flexibility index (Phi) is 6.93. The van der Waals surface area contributed by atoms with Crippen molar-refractivity contribution >= 4 is 29.2 Å². The molecule has 27 heavy (non-hydrogen) atoms. The predicted molar refractivity (Wildman–Crippen MR) is 102 cm³/mol. The Morgan fingerprint density at radius 2 is 1.48 bits per heavy atom. The molecule has 0 unspecified atom stereocenters. The van der Waals surface area contributed by atoms with Crippen molar-refractivity contribution in [2.24, 2.45) is 0 Å². The Labute approximate surface area is 157 Å². The van der Waals surface area contributed by atoms with E-state index in [2.05, 4.69) is 10.6 Å². The number of ether oxygens (including phenoxy) is 2. The molecule has 0 spiro atoms. The van der Waals surface area contributed by atoms with Gasteiger partial charge in [-0.15, -0.1) is 0 Å². The van der Waals surface area contributed by atoms with Crippen LogP contribution in [0, 0.1) is 0 Å². The fraction of sp³-hybridized carbons (Fsp3) is 0.250. The number of nitrogens with one attached hydrogen (secondary N) is 2. The fourth-order valence-corrected chi connectivity index (χ4v) is 2.29. The standard InChI is InChI=1S/C20H22N2O5/c1-13(27-19(24)12-15-4-10-18(26-3)11-5-15)20(25)22-17-8-6-16(7-9-17)21-14(2)23/h4-11,13H,12H2,1-3H3,(H,21,23)(H,22,25)/t13-/m1/s1. The third-order valence-corrected chi connectivity index (χ3v) is 3.66. The van der Waals surface area contributed by atoms with Gasteiger partial charge in [-0.05, 0) is 48.9 Å². The molecule has 142 valence electrons. The molecule has 0 saturated heterocycles. The zero-order valence-corrected chi connectivity index (χ0v) is 15.4. The third kappa shape index (κ3) is 6.47. The van der Waals surface area contributed by atoms with Crippen LogP contribution in [0.3, 0.4) is 0 Å². The van der Waals surface area contributed by atoms with Crippen LogP contribution in [0.2, 0.25) is 0 Å². The largest absolute Gasteiger partial charge is 0.497 e. The Balaban J connectivity index is 1.84. The Bertz CT molecular complexity index is 800. The number of carbonyl (C=O) groups excluding carboxylic acids is 3. The summed E-state index contributed by atoms with van der Waals surface area (Å²) in [5.41, 5.74) is 1.92. The second kappa shape index (κ2) is 9.38. The van der Waals surface area contributed by atoms with Crippen LogP contribution in [0.1, 0.15) is 19.4 Å². The Morgan fingerprint density at radius 3 is 2.00 bits per heavy atom. The van der Waals surface area contributed by atoms with Gasteiger partial charge < -0.3 is 20.1 Å². The third-order valence-electron chi connectivity index (χ3n) is 3.66. The highest BCUT2D eigenvalue weighted by Gasteiger charge is 2.18. The van der Waals surface area contributed by atoms with Gasteiger partial charge >= 0.3 is 5.97 Å². The van der Waals surface area contributed by atoms with Crippen LogP contribution >= 0.6 is 0 Å². The van der Waals surface area contributed by atoms with Gasteiger partial charge in [0.2, 0.25) is 5.91 Å². The molecule has 0 fully saturated rings. The molecule has 2 aromatic carbocycles. The quantitative estimate of drug-likeness (QED) is 0.731. The van der Waals surface area contributed by atoms with Crippen molar-refractivity contribution in [3.05, 3.63) is 54.1 Å². The van der Waals surface area contributed by atoms with Crippen LogP contribution < -0.4 is 15.4 Å². The first-order valence-corrected chi connectivity index (χ1v) is 8.38. The summed E-state index contributed by atoms with van der Waals surface area (Å²) in [4.78, 5) is 35.2. The average molecular weight is 370 g/mol. The summed E-state index contributed by atoms with van der Waals surface area (Å²) in [6, 6.07) is 13.7. The number of methoxy groups -OCH3 is 1. The SMILES string of the molecule is COc1ccc(CC(=O)O[C@H](C)C(=O)Nc2ccc(NC(C)=O)cc2)cc1. The molecule has 1 atom stereocenters. The van der Waals surface area contributed by atoms with Crippen molar-refractivity contribution in [1.29, 1.82) is 0 Å². The summed E-state index contributed by atoms with van der Waals surface area (Å²) in [6.45, 7) is 2.92. The molecule has 2 rings (SSSR count). The van der Waals surface area contributed by atoms with Gasteiger partial charge in [0.1, 0.15) is 5.75 Å². The number of anilines is 2. The van der Waals surface area contributed by atoms with Crippen LogP contribution in [0.25, 0.3) is 0 Å². The molecule has 0 aromatic heterocycles. The lowest BCUT2D eigenvalue weighted by Gasteiger charge is -2.14. The monoisotopic (exact) mass is 370 g/mol. The Hall–Kier alpha value is -3.35. The van der Waals surface area contributed by atoms with Gasteiger partial charge in [-0.3, -0.25) is 14.4 Å². The van der Waals surface area contributed by atoms with Crippen LogP contribution in [-0.2, 0) is 25.5 Å². The lowest BCUT2D eigenvalue weighted by Crippen LogP contribution is -2.30. The van der Waals surface area contributed by atoms with Crippen molar-refractivity contribution in [3.63, 3.8) is 0 Å². The van der Waals surface area contributed by atoms with Crippen molar-refractivity contribution in [2.75, 3.05) is 17.7 Å². The molecule has 7 nitrogen and oxygen atoms in total. The highest BCUT2D eigenvalue weighted by atomic mass is 16.5. The van der Waals surface area contributed by atoms with Gasteiger partial charge in [0.25, 0.3) is 5.91 Å². The van der Waals surface area contributed by atoms with E-state index in [4.69, 9.17) is 9.47 Å². The number of amides is 2. The molecule has 0 heterocycles. The second-order valence-corrected chi connectivity index (χ2v) is 5.90. The van der Waals surface area contributed by atoms with E-state index in [-0.39, 0.29) is 12.3 Å². The van der Waals surface area contributed by atoms with Gasteiger partial charge in [-0.2, -0.15) is 0 Å². The molecule has 0 aliphatic heterocycles. The van der Waals surface area contributed by atoms with Crippen LogP contribution in [0.5, 0.6) is 5.75 Å². The number of hydrogen-bond acceptors (Lipinski definition) is 5. The smallest absolute Gasteiger partial charge is 0.311 e. The van der Waals surface area contributed by atoms with Crippen LogP contribution in [-0.4, -0.2) is 31.0 Å². The average Bonchev–Trinajstić information content (AvgIpc) is 2.63. The van der Waals surface area contributed by atoms with E-state index < -0.39 is 18.0 Å². The first-order chi connectivity index (χ1) is 12.9. The van der Waals surface area contributed by atoms with E-state index in [1.54, 1.807) is 55.6 Å². The maximum atomic E-state index is 12.2. The van der Waals surface area contributed by atoms with Crippen molar-refractivity contribution < 1.29 is 23.9 Å². The van der Waals surface area contributed by atoms with Gasteiger partial charge in [0.05, 0.1) is 13.5 Å². The van der Waals surface area contributed by atoms with Gasteiger partial charge in [-0.25, -0.2) is 0 Å². The van der Waals surface area contributed by atoms with E-state index in [0.717, 1.165) is 5.56 Å². The van der Waals surface area contributed by atoms with Crippen molar-refractivity contribution in [3.8, 4) is 5.75 Å². The molecular formula is C20H22N2O5. The number of esters is 1. The Morgan fingerprint density at radius 1 is 0.926 bits per heavy atom. The van der Waals surface area contributed by atoms with Gasteiger partial charge in [-0.1, -0.05) is 12.1 Å². The summed E-state index contributed by atoms with van der Waals surface area (Å²) in [5.74, 6) is -0.414. The molecule has 2 amide bonds. The first-order valence-electron chi connectivity index (χ1n) is 8.38. The summed E-state index contributed by atoms with van der Waals surface area (Å²) in [5, 5.41) is 5.30. The van der Waals surface area contributed by atoms with Crippen molar-refractivity contribution in [2.45, 2.75) is 26.4 Å².